The molecule has 3 rings (SSSR count). The molecule has 0 saturated heterocycles. The van der Waals surface area contributed by atoms with Crippen LogP contribution in [-0.2, 0) is 16.1 Å². The van der Waals surface area contributed by atoms with Crippen molar-refractivity contribution in [3.63, 3.8) is 0 Å². The van der Waals surface area contributed by atoms with Gasteiger partial charge in [-0.2, -0.15) is 0 Å². The number of benzene rings is 1. The zero-order chi connectivity index (χ0) is 24.7. The van der Waals surface area contributed by atoms with Gasteiger partial charge in [-0.25, -0.2) is 0 Å². The number of nitrogens with zero attached hydrogens (tertiary/aromatic N) is 3. The molecule has 1 N–H and O–H groups in total. The second kappa shape index (κ2) is 11.9. The molecule has 0 fully saturated rings. The van der Waals surface area contributed by atoms with E-state index in [4.69, 9.17) is 9.47 Å². The summed E-state index contributed by atoms with van der Waals surface area (Å²) in [6.07, 6.45) is 3.86. The van der Waals surface area contributed by atoms with Crippen molar-refractivity contribution in [2.45, 2.75) is 45.9 Å². The third kappa shape index (κ3) is 6.55. The van der Waals surface area contributed by atoms with Crippen LogP contribution < -0.4 is 10.1 Å². The van der Waals surface area contributed by atoms with Crippen molar-refractivity contribution in [2.75, 3.05) is 39.2 Å². The van der Waals surface area contributed by atoms with E-state index >= 15 is 0 Å². The van der Waals surface area contributed by atoms with E-state index in [-0.39, 0.29) is 29.9 Å². The molecular formula is C26H36N4O4. The quantitative estimate of drug-likeness (QED) is 0.724. The second-order valence-corrected chi connectivity index (χ2v) is 8.99. The summed E-state index contributed by atoms with van der Waals surface area (Å²) in [4.78, 5) is 33.3. The van der Waals surface area contributed by atoms with Crippen LogP contribution in [0.1, 0.15) is 43.1 Å². The number of aromatic nitrogens is 1. The number of likely N-dealkylation sites (N-methyl/N-ethyl adjacent to an activating group) is 1. The molecule has 0 spiro atoms. The minimum atomic E-state index is -0.139. The van der Waals surface area contributed by atoms with Crippen LogP contribution in [0.3, 0.4) is 0 Å². The lowest BCUT2D eigenvalue weighted by atomic mass is 10.0. The number of hydrogen-bond donors (Lipinski definition) is 1. The molecule has 0 unspecified atom stereocenters. The number of carbonyl (C=O) groups is 2. The molecule has 1 aliphatic rings. The Morgan fingerprint density at radius 2 is 1.94 bits per heavy atom. The molecule has 1 aromatic carbocycles. The van der Waals surface area contributed by atoms with Gasteiger partial charge in [0.05, 0.1) is 11.7 Å². The van der Waals surface area contributed by atoms with Crippen LogP contribution in [0.5, 0.6) is 5.75 Å². The Balaban J connectivity index is 1.94. The number of ether oxygens (including phenoxy) is 2. The fourth-order valence-corrected chi connectivity index (χ4v) is 4.12. The van der Waals surface area contributed by atoms with Gasteiger partial charge in [-0.3, -0.25) is 19.5 Å². The summed E-state index contributed by atoms with van der Waals surface area (Å²) in [5.74, 6) is 0.420. The van der Waals surface area contributed by atoms with Gasteiger partial charge in [-0.05, 0) is 42.7 Å². The van der Waals surface area contributed by atoms with Crippen molar-refractivity contribution >= 4 is 17.5 Å². The van der Waals surface area contributed by atoms with Gasteiger partial charge in [0.15, 0.2) is 0 Å². The topological polar surface area (TPSA) is 84.0 Å². The van der Waals surface area contributed by atoms with Gasteiger partial charge in [0, 0.05) is 70.4 Å². The number of carbonyl (C=O) groups excluding carboxylic acids is 2. The number of methoxy groups -OCH3 is 1. The van der Waals surface area contributed by atoms with Gasteiger partial charge in [0.25, 0.3) is 5.91 Å². The Labute approximate surface area is 202 Å². The number of fused-ring (bicyclic) bond motifs is 1. The average molecular weight is 469 g/mol. The molecule has 2 heterocycles. The lowest BCUT2D eigenvalue weighted by molar-refractivity contribution is -0.115. The molecule has 8 heteroatoms. The number of nitrogens with one attached hydrogen (secondary N) is 1. The number of rotatable bonds is 5. The van der Waals surface area contributed by atoms with Gasteiger partial charge in [0.2, 0.25) is 5.91 Å². The molecule has 0 bridgehead atoms. The van der Waals surface area contributed by atoms with E-state index in [2.05, 4.69) is 29.0 Å². The van der Waals surface area contributed by atoms with Gasteiger partial charge in [0.1, 0.15) is 12.4 Å². The minimum absolute atomic E-state index is 0.0714. The van der Waals surface area contributed by atoms with Gasteiger partial charge >= 0.3 is 0 Å². The Hall–Kier alpha value is -2.97. The molecule has 1 aliphatic heterocycles. The summed E-state index contributed by atoms with van der Waals surface area (Å²) < 4.78 is 12.0. The third-order valence-corrected chi connectivity index (χ3v) is 6.32. The molecule has 3 atom stereocenters. The standard InChI is InChI=1S/C26H36N4O4/c1-6-25(31)28-21-7-8-22-23(13-21)34-17-19(3)30(15-20-9-11-27-12-10-20)14-18(2)24(33-5)16-29(4)26(22)32/h7-13,18-19,24H,6,14-17H2,1-5H3,(H,28,31)/t18-,19+,24-/m1/s1. The predicted octanol–water partition coefficient (Wildman–Crippen LogP) is 3.44. The highest BCUT2D eigenvalue weighted by molar-refractivity contribution is 5.98. The van der Waals surface area contributed by atoms with E-state index in [1.165, 1.54) is 5.56 Å². The van der Waals surface area contributed by atoms with Gasteiger partial charge in [-0.1, -0.05) is 13.8 Å². The lowest BCUT2D eigenvalue weighted by Crippen LogP contribution is -2.46. The van der Waals surface area contributed by atoms with Crippen molar-refractivity contribution < 1.29 is 19.1 Å². The molecule has 0 aliphatic carbocycles. The average Bonchev–Trinajstić information content (AvgIpc) is 2.84. The molecule has 2 aromatic rings. The number of pyridine rings is 1. The van der Waals surface area contributed by atoms with Crippen molar-refractivity contribution in [3.8, 4) is 5.75 Å². The normalized spacial score (nSPS) is 22.2. The molecule has 8 nitrogen and oxygen atoms in total. The summed E-state index contributed by atoms with van der Waals surface area (Å²) in [7, 11) is 3.47. The van der Waals surface area contributed by atoms with E-state index in [0.29, 0.717) is 36.6 Å². The van der Waals surface area contributed by atoms with E-state index < -0.39 is 0 Å². The van der Waals surface area contributed by atoms with Crippen molar-refractivity contribution in [1.29, 1.82) is 0 Å². The molecular weight excluding hydrogens is 432 g/mol. The molecule has 2 amide bonds. The molecule has 0 saturated carbocycles. The third-order valence-electron chi connectivity index (χ3n) is 6.32. The highest BCUT2D eigenvalue weighted by Gasteiger charge is 2.28. The van der Waals surface area contributed by atoms with E-state index in [0.717, 1.165) is 13.1 Å². The van der Waals surface area contributed by atoms with E-state index in [1.807, 2.05) is 12.1 Å². The number of anilines is 1. The van der Waals surface area contributed by atoms with Crippen LogP contribution in [0.25, 0.3) is 0 Å². The van der Waals surface area contributed by atoms with Crippen LogP contribution in [0.2, 0.25) is 0 Å². The maximum absolute atomic E-state index is 13.3. The largest absolute Gasteiger partial charge is 0.491 e. The first kappa shape index (κ1) is 25.6. The number of hydrogen-bond acceptors (Lipinski definition) is 6. The maximum atomic E-state index is 13.3. The van der Waals surface area contributed by atoms with Gasteiger partial charge < -0.3 is 19.7 Å². The van der Waals surface area contributed by atoms with E-state index in [1.54, 1.807) is 56.6 Å². The Kier molecular flexibility index (Phi) is 9.01. The SMILES string of the molecule is CCC(=O)Nc1ccc2c(c1)OC[C@H](C)N(Cc1ccncc1)C[C@@H](C)[C@H](OC)CN(C)C2=O. The lowest BCUT2D eigenvalue weighted by Gasteiger charge is -2.36. The van der Waals surface area contributed by atoms with Crippen molar-refractivity contribution in [2.24, 2.45) is 5.92 Å². The van der Waals surface area contributed by atoms with Crippen molar-refractivity contribution in [1.82, 2.24) is 14.8 Å². The first-order valence-corrected chi connectivity index (χ1v) is 11.8. The first-order chi connectivity index (χ1) is 16.3. The number of amides is 2. The smallest absolute Gasteiger partial charge is 0.257 e. The first-order valence-electron chi connectivity index (χ1n) is 11.8. The molecule has 0 radical (unpaired) electrons. The fraction of sp³-hybridized carbons (Fsp3) is 0.500. The highest BCUT2D eigenvalue weighted by atomic mass is 16.5. The van der Waals surface area contributed by atoms with E-state index in [9.17, 15) is 9.59 Å². The molecule has 34 heavy (non-hydrogen) atoms. The van der Waals surface area contributed by atoms with Crippen molar-refractivity contribution in [3.05, 3.63) is 53.9 Å². The zero-order valence-corrected chi connectivity index (χ0v) is 20.8. The minimum Gasteiger partial charge on any atom is -0.491 e. The highest BCUT2D eigenvalue weighted by Crippen LogP contribution is 2.27. The predicted molar refractivity (Wildman–Crippen MR) is 132 cm³/mol. The Bertz CT molecular complexity index is 969. The summed E-state index contributed by atoms with van der Waals surface area (Å²) in [6.45, 7) is 8.46. The van der Waals surface area contributed by atoms with Crippen LogP contribution in [0.4, 0.5) is 5.69 Å². The van der Waals surface area contributed by atoms with Crippen LogP contribution in [-0.4, -0.2) is 72.6 Å². The van der Waals surface area contributed by atoms with Crippen LogP contribution in [0, 0.1) is 5.92 Å². The van der Waals surface area contributed by atoms with Crippen LogP contribution in [0.15, 0.2) is 42.7 Å². The summed E-state index contributed by atoms with van der Waals surface area (Å²) in [5.41, 5.74) is 2.25. The Morgan fingerprint density at radius 3 is 2.62 bits per heavy atom. The summed E-state index contributed by atoms with van der Waals surface area (Å²) in [5, 5.41) is 2.85. The molecule has 1 aromatic heterocycles. The maximum Gasteiger partial charge on any atom is 0.257 e. The second-order valence-electron chi connectivity index (χ2n) is 8.99. The summed E-state index contributed by atoms with van der Waals surface area (Å²) in [6, 6.07) is 9.30. The summed E-state index contributed by atoms with van der Waals surface area (Å²) >= 11 is 0. The molecule has 184 valence electrons. The fourth-order valence-electron chi connectivity index (χ4n) is 4.12. The van der Waals surface area contributed by atoms with Gasteiger partial charge in [-0.15, -0.1) is 0 Å². The monoisotopic (exact) mass is 468 g/mol. The Morgan fingerprint density at radius 1 is 1.21 bits per heavy atom. The van der Waals surface area contributed by atoms with Crippen LogP contribution >= 0.6 is 0 Å². The zero-order valence-electron chi connectivity index (χ0n) is 20.8.